The van der Waals surface area contributed by atoms with E-state index >= 15 is 0 Å². The summed E-state index contributed by atoms with van der Waals surface area (Å²) in [5.74, 6) is 1.40. The maximum absolute atomic E-state index is 12.2. The van der Waals surface area contributed by atoms with Gasteiger partial charge < -0.3 is 9.47 Å². The number of hydrogen-bond donors (Lipinski definition) is 0. The van der Waals surface area contributed by atoms with Crippen LogP contribution in [0.2, 0.25) is 0 Å². The maximum atomic E-state index is 12.2. The van der Waals surface area contributed by atoms with Gasteiger partial charge in [0, 0.05) is 30.1 Å². The lowest BCUT2D eigenvalue weighted by molar-refractivity contribution is -0.181. The number of fused-ring (bicyclic) bond motifs is 5. The van der Waals surface area contributed by atoms with Crippen molar-refractivity contribution >= 4 is 17.7 Å². The molecule has 5 heteroatoms. The number of carbonyl (C=O) groups excluding carboxylic acids is 3. The molecular weight excluding hydrogens is 392 g/mol. The SMILES string of the molecule is CCC(=O)OC[C@]12CCC(=O)C=C1CC[C@@H]1[C@@H]2CC[C@@]2(C)[C@H]1CC[C@]2(C)OC(=O)CC. The summed E-state index contributed by atoms with van der Waals surface area (Å²) in [6.45, 7) is 8.58. The first-order chi connectivity index (χ1) is 14.7. The molecule has 3 saturated carbocycles. The van der Waals surface area contributed by atoms with Gasteiger partial charge in [-0.15, -0.1) is 0 Å². The Kier molecular flexibility index (Phi) is 5.85. The number of ether oxygens (including phenoxy) is 2. The van der Waals surface area contributed by atoms with E-state index < -0.39 is 5.60 Å². The van der Waals surface area contributed by atoms with Crippen LogP contribution in [0.3, 0.4) is 0 Å². The first kappa shape index (κ1) is 22.5. The van der Waals surface area contributed by atoms with Gasteiger partial charge in [-0.25, -0.2) is 0 Å². The molecule has 0 unspecified atom stereocenters. The van der Waals surface area contributed by atoms with E-state index in [1.54, 1.807) is 0 Å². The van der Waals surface area contributed by atoms with Crippen LogP contribution in [0.1, 0.15) is 91.9 Å². The van der Waals surface area contributed by atoms with E-state index in [0.717, 1.165) is 44.9 Å². The molecular formula is C26H38O5. The van der Waals surface area contributed by atoms with Crippen LogP contribution in [0.25, 0.3) is 0 Å². The van der Waals surface area contributed by atoms with Gasteiger partial charge in [-0.3, -0.25) is 14.4 Å². The molecule has 0 N–H and O–H groups in total. The first-order valence-electron chi connectivity index (χ1n) is 12.3. The van der Waals surface area contributed by atoms with Gasteiger partial charge in [0.1, 0.15) is 12.2 Å². The minimum Gasteiger partial charge on any atom is -0.465 e. The third kappa shape index (κ3) is 3.47. The smallest absolute Gasteiger partial charge is 0.306 e. The Morgan fingerprint density at radius 3 is 2.39 bits per heavy atom. The number of hydrogen-bond acceptors (Lipinski definition) is 5. The normalized spacial score (nSPS) is 41.5. The molecule has 3 fully saturated rings. The molecule has 0 aromatic heterocycles. The van der Waals surface area contributed by atoms with Crippen molar-refractivity contribution in [3.8, 4) is 0 Å². The molecule has 172 valence electrons. The average molecular weight is 431 g/mol. The first-order valence-corrected chi connectivity index (χ1v) is 12.3. The highest BCUT2D eigenvalue weighted by atomic mass is 16.6. The zero-order chi connectivity index (χ0) is 22.4. The lowest BCUT2D eigenvalue weighted by Gasteiger charge is -2.59. The molecule has 0 saturated heterocycles. The van der Waals surface area contributed by atoms with Crippen LogP contribution in [0.5, 0.6) is 0 Å². The summed E-state index contributed by atoms with van der Waals surface area (Å²) >= 11 is 0. The topological polar surface area (TPSA) is 69.7 Å². The summed E-state index contributed by atoms with van der Waals surface area (Å²) in [5, 5.41) is 0. The van der Waals surface area contributed by atoms with Gasteiger partial charge in [-0.2, -0.15) is 0 Å². The number of carbonyl (C=O) groups is 3. The molecule has 0 aliphatic heterocycles. The van der Waals surface area contributed by atoms with Crippen LogP contribution < -0.4 is 0 Å². The summed E-state index contributed by atoms with van der Waals surface area (Å²) in [6.07, 6.45) is 10.0. The number of esters is 2. The predicted octanol–water partition coefficient (Wildman–Crippen LogP) is 5.16. The van der Waals surface area contributed by atoms with Crippen molar-refractivity contribution in [2.24, 2.45) is 28.6 Å². The average Bonchev–Trinajstić information content (AvgIpc) is 3.02. The van der Waals surface area contributed by atoms with Gasteiger partial charge in [-0.05, 0) is 75.7 Å². The van der Waals surface area contributed by atoms with Gasteiger partial charge in [0.2, 0.25) is 0 Å². The van der Waals surface area contributed by atoms with Crippen LogP contribution in [0.4, 0.5) is 0 Å². The van der Waals surface area contributed by atoms with E-state index in [1.807, 2.05) is 19.9 Å². The van der Waals surface area contributed by atoms with Gasteiger partial charge in [0.25, 0.3) is 0 Å². The van der Waals surface area contributed by atoms with Crippen molar-refractivity contribution in [3.63, 3.8) is 0 Å². The van der Waals surface area contributed by atoms with Gasteiger partial charge in [0.15, 0.2) is 5.78 Å². The van der Waals surface area contributed by atoms with E-state index in [9.17, 15) is 14.4 Å². The van der Waals surface area contributed by atoms with Gasteiger partial charge in [0.05, 0.1) is 0 Å². The Morgan fingerprint density at radius 1 is 0.968 bits per heavy atom. The number of ketones is 1. The quantitative estimate of drug-likeness (QED) is 0.563. The van der Waals surface area contributed by atoms with Crippen molar-refractivity contribution in [1.29, 1.82) is 0 Å². The molecule has 0 heterocycles. The van der Waals surface area contributed by atoms with Crippen molar-refractivity contribution in [2.45, 2.75) is 97.5 Å². The summed E-state index contributed by atoms with van der Waals surface area (Å²) in [5.41, 5.74) is 0.597. The predicted molar refractivity (Wildman–Crippen MR) is 117 cm³/mol. The van der Waals surface area contributed by atoms with Crippen LogP contribution >= 0.6 is 0 Å². The van der Waals surface area contributed by atoms with Crippen molar-refractivity contribution in [1.82, 2.24) is 0 Å². The van der Waals surface area contributed by atoms with Gasteiger partial charge in [-0.1, -0.05) is 26.3 Å². The Labute approximate surface area is 186 Å². The molecule has 0 aromatic carbocycles. The summed E-state index contributed by atoms with van der Waals surface area (Å²) in [4.78, 5) is 36.5. The summed E-state index contributed by atoms with van der Waals surface area (Å²) in [6, 6.07) is 0. The fourth-order valence-electron chi connectivity index (χ4n) is 7.66. The third-order valence-corrected chi connectivity index (χ3v) is 9.62. The van der Waals surface area contributed by atoms with Crippen LogP contribution in [-0.4, -0.2) is 29.9 Å². The second-order valence-electron chi connectivity index (χ2n) is 10.8. The minimum absolute atomic E-state index is 0.0218. The fraction of sp³-hybridized carbons (Fsp3) is 0.808. The van der Waals surface area contributed by atoms with Crippen LogP contribution in [-0.2, 0) is 23.9 Å². The van der Waals surface area contributed by atoms with Crippen LogP contribution in [0, 0.1) is 28.6 Å². The molecule has 31 heavy (non-hydrogen) atoms. The molecule has 0 aromatic rings. The number of rotatable bonds is 5. The molecule has 5 nitrogen and oxygen atoms in total. The highest BCUT2D eigenvalue weighted by Crippen LogP contribution is 2.68. The second-order valence-corrected chi connectivity index (χ2v) is 10.8. The minimum atomic E-state index is -0.407. The van der Waals surface area contributed by atoms with Crippen molar-refractivity contribution in [2.75, 3.05) is 6.61 Å². The van der Waals surface area contributed by atoms with E-state index in [-0.39, 0.29) is 28.6 Å². The lowest BCUT2D eigenvalue weighted by atomic mass is 9.46. The van der Waals surface area contributed by atoms with Gasteiger partial charge >= 0.3 is 11.9 Å². The summed E-state index contributed by atoms with van der Waals surface area (Å²) in [7, 11) is 0. The second kappa shape index (κ2) is 8.04. The highest BCUT2D eigenvalue weighted by Gasteiger charge is 2.65. The molecule has 4 aliphatic carbocycles. The van der Waals surface area contributed by atoms with E-state index in [0.29, 0.717) is 43.6 Å². The van der Waals surface area contributed by atoms with Crippen LogP contribution in [0.15, 0.2) is 11.6 Å². The zero-order valence-corrected chi connectivity index (χ0v) is 19.6. The monoisotopic (exact) mass is 430 g/mol. The standard InChI is InChI=1S/C26H38O5/c1-5-22(28)30-16-26-14-9-18(27)15-17(26)7-8-19-20-11-13-25(4,31-23(29)6-2)24(20,3)12-10-21(19)26/h15,19-21H,5-14,16H2,1-4H3/t19-,20-,21-,24-,25-,26+/m0/s1. The molecule has 6 atom stereocenters. The van der Waals surface area contributed by atoms with Crippen molar-refractivity contribution in [3.05, 3.63) is 11.6 Å². The molecule has 0 radical (unpaired) electrons. The third-order valence-electron chi connectivity index (χ3n) is 9.62. The zero-order valence-electron chi connectivity index (χ0n) is 19.6. The van der Waals surface area contributed by atoms with E-state index in [1.165, 1.54) is 5.57 Å². The molecule has 0 bridgehead atoms. The molecule has 4 aliphatic rings. The Hall–Kier alpha value is -1.65. The summed E-state index contributed by atoms with van der Waals surface area (Å²) < 4.78 is 11.8. The maximum Gasteiger partial charge on any atom is 0.306 e. The highest BCUT2D eigenvalue weighted by molar-refractivity contribution is 5.91. The fourth-order valence-corrected chi connectivity index (χ4v) is 7.66. The lowest BCUT2D eigenvalue weighted by Crippen LogP contribution is -2.56. The Bertz CT molecular complexity index is 800. The largest absolute Gasteiger partial charge is 0.465 e. The molecule has 0 amide bonds. The van der Waals surface area contributed by atoms with E-state index in [2.05, 4.69) is 13.8 Å². The molecule has 4 rings (SSSR count). The Balaban J connectivity index is 1.65. The van der Waals surface area contributed by atoms with Crippen molar-refractivity contribution < 1.29 is 23.9 Å². The van der Waals surface area contributed by atoms with E-state index in [4.69, 9.17) is 9.47 Å². The Morgan fingerprint density at radius 2 is 1.68 bits per heavy atom. The molecule has 0 spiro atoms.